The molecule has 3 aromatic heterocycles. The molecule has 32 heavy (non-hydrogen) atoms. The van der Waals surface area contributed by atoms with Gasteiger partial charge in [0, 0.05) is 37.7 Å². The lowest BCUT2D eigenvalue weighted by molar-refractivity contribution is 0.0828. The zero-order valence-electron chi connectivity index (χ0n) is 18.1. The minimum absolute atomic E-state index is 0.187. The highest BCUT2D eigenvalue weighted by Gasteiger charge is 2.25. The number of fused-ring (bicyclic) bond motifs is 1. The zero-order chi connectivity index (χ0) is 23.0. The number of nitrogen functional groups attached to an aromatic ring is 1. The molecule has 1 atom stereocenters. The summed E-state index contributed by atoms with van der Waals surface area (Å²) in [6.07, 6.45) is 3.30. The first-order valence-electron chi connectivity index (χ1n) is 9.72. The van der Waals surface area contributed by atoms with Gasteiger partial charge in [-0.1, -0.05) is 6.07 Å². The lowest BCUT2D eigenvalue weighted by Crippen LogP contribution is -2.22. The minimum Gasteiger partial charge on any atom is -0.494 e. The average Bonchev–Trinajstić information content (AvgIpc) is 3.18. The number of anilines is 1. The molecule has 0 aliphatic rings. The van der Waals surface area contributed by atoms with Crippen LogP contribution in [0.3, 0.4) is 0 Å². The van der Waals surface area contributed by atoms with Gasteiger partial charge in [-0.25, -0.2) is 4.98 Å². The number of hydrogen-bond acceptors (Lipinski definition) is 7. The van der Waals surface area contributed by atoms with E-state index in [4.69, 9.17) is 10.5 Å². The van der Waals surface area contributed by atoms with Crippen LogP contribution in [0.2, 0.25) is 0 Å². The second-order valence-electron chi connectivity index (χ2n) is 7.35. The molecule has 1 unspecified atom stereocenters. The number of benzene rings is 1. The largest absolute Gasteiger partial charge is 0.494 e. The summed E-state index contributed by atoms with van der Waals surface area (Å²) < 4.78 is 19.2. The quantitative estimate of drug-likeness (QED) is 0.365. The van der Waals surface area contributed by atoms with Gasteiger partial charge in [-0.3, -0.25) is 9.78 Å². The molecule has 4 aromatic rings. The van der Waals surface area contributed by atoms with Crippen molar-refractivity contribution in [3.8, 4) is 28.3 Å². The number of nitrogens with two attached hydrogens (primary N) is 1. The molecule has 0 aliphatic heterocycles. The number of amides is 1. The Kier molecular flexibility index (Phi) is 5.59. The summed E-state index contributed by atoms with van der Waals surface area (Å²) in [5.74, 6) is 0.357. The Labute approximate surface area is 185 Å². The molecule has 3 heterocycles. The first-order chi connectivity index (χ1) is 15.3. The monoisotopic (exact) mass is 449 g/mol. The molecule has 0 spiro atoms. The van der Waals surface area contributed by atoms with Gasteiger partial charge in [0.2, 0.25) is 5.65 Å². The molecule has 10 heteroatoms. The lowest BCUT2D eigenvalue weighted by atomic mass is 10.0. The molecule has 0 bridgehead atoms. The van der Waals surface area contributed by atoms with Crippen LogP contribution >= 0.6 is 7.95 Å². The van der Waals surface area contributed by atoms with Crippen molar-refractivity contribution in [2.24, 2.45) is 0 Å². The maximum Gasteiger partial charge on any atom is 0.482 e. The van der Waals surface area contributed by atoms with Gasteiger partial charge in [0.05, 0.1) is 18.1 Å². The average molecular weight is 449 g/mol. The van der Waals surface area contributed by atoms with E-state index in [1.54, 1.807) is 64.5 Å². The molecule has 0 aliphatic carbocycles. The van der Waals surface area contributed by atoms with Crippen LogP contribution in [0.1, 0.15) is 10.4 Å². The normalized spacial score (nSPS) is 11.4. The number of carbonyl (C=O) groups excluding carboxylic acids is 1. The molecular weight excluding hydrogens is 427 g/mol. The lowest BCUT2D eigenvalue weighted by Gasteiger charge is -2.13. The van der Waals surface area contributed by atoms with Gasteiger partial charge in [0.25, 0.3) is 5.91 Å². The summed E-state index contributed by atoms with van der Waals surface area (Å²) in [5, 5.41) is 5.20. The van der Waals surface area contributed by atoms with Gasteiger partial charge in [0.1, 0.15) is 17.1 Å². The van der Waals surface area contributed by atoms with E-state index >= 15 is 0 Å². The minimum atomic E-state index is -1.81. The van der Waals surface area contributed by atoms with Crippen LogP contribution in [0.25, 0.3) is 33.5 Å². The molecule has 0 saturated heterocycles. The van der Waals surface area contributed by atoms with Gasteiger partial charge >= 0.3 is 7.95 Å². The predicted molar refractivity (Wildman–Crippen MR) is 124 cm³/mol. The standard InChI is InChI=1S/C22H21N6O3P/c1-27(2)22(29)15-10-13(7-8-17(15)23)14-11-16-19(20-18(31-3)6-5-9-24-20)26-28(32(4)30)21(16)25-12-14/h5-12H,1-4H3,(H-,23,29)/p+1. The van der Waals surface area contributed by atoms with Gasteiger partial charge < -0.3 is 15.4 Å². The number of nitrogens with zero attached hydrogens (tertiary/aromatic N) is 5. The van der Waals surface area contributed by atoms with Crippen molar-refractivity contribution >= 4 is 30.6 Å². The Balaban J connectivity index is 1.94. The molecule has 0 fully saturated rings. The number of rotatable bonds is 5. The van der Waals surface area contributed by atoms with Crippen molar-refractivity contribution in [3.63, 3.8) is 0 Å². The van der Waals surface area contributed by atoms with E-state index in [2.05, 4.69) is 15.1 Å². The maximum atomic E-state index is 12.5. The highest BCUT2D eigenvalue weighted by Crippen LogP contribution is 2.37. The second kappa shape index (κ2) is 8.36. The van der Waals surface area contributed by atoms with Gasteiger partial charge in [0.15, 0.2) is 6.66 Å². The highest BCUT2D eigenvalue weighted by atomic mass is 31.1. The number of ether oxygens (including phenoxy) is 1. The molecule has 4 rings (SSSR count). The molecule has 9 nitrogen and oxygen atoms in total. The molecule has 0 saturated carbocycles. The smallest absolute Gasteiger partial charge is 0.482 e. The Hall–Kier alpha value is -3.84. The molecule has 162 valence electrons. The molecule has 1 aromatic carbocycles. The SMILES string of the molecule is COc1cccnc1-c1nn([P+](C)=O)c2ncc(-c3ccc(N)c(C(=O)N(C)C)c3)cc12. The fraction of sp³-hybridized carbons (Fsp3) is 0.182. The summed E-state index contributed by atoms with van der Waals surface area (Å²) in [6, 6.07) is 10.7. The first-order valence-corrected chi connectivity index (χ1v) is 11.4. The van der Waals surface area contributed by atoms with E-state index < -0.39 is 7.95 Å². The maximum absolute atomic E-state index is 12.5. The Morgan fingerprint density at radius 1 is 1.12 bits per heavy atom. The molecule has 1 amide bonds. The van der Waals surface area contributed by atoms with E-state index in [1.807, 2.05) is 12.1 Å². The number of aromatic nitrogens is 4. The van der Waals surface area contributed by atoms with Crippen LogP contribution < -0.4 is 10.5 Å². The van der Waals surface area contributed by atoms with Crippen molar-refractivity contribution in [2.45, 2.75) is 0 Å². The molecule has 0 radical (unpaired) electrons. The number of carbonyl (C=O) groups is 1. The van der Waals surface area contributed by atoms with Crippen molar-refractivity contribution in [1.29, 1.82) is 0 Å². The third-order valence-electron chi connectivity index (χ3n) is 5.01. The Morgan fingerprint density at radius 3 is 2.59 bits per heavy atom. The van der Waals surface area contributed by atoms with Crippen molar-refractivity contribution in [3.05, 3.63) is 54.4 Å². The first kappa shape index (κ1) is 21.4. The topological polar surface area (TPSA) is 116 Å². The third-order valence-corrected chi connectivity index (χ3v) is 5.82. The van der Waals surface area contributed by atoms with Crippen molar-refractivity contribution < 1.29 is 14.1 Å². The van der Waals surface area contributed by atoms with Crippen LogP contribution in [0.15, 0.2) is 48.8 Å². The predicted octanol–water partition coefficient (Wildman–Crippen LogP) is 3.67. The fourth-order valence-corrected chi connectivity index (χ4v) is 4.05. The Morgan fingerprint density at radius 2 is 1.91 bits per heavy atom. The fourth-order valence-electron chi connectivity index (χ4n) is 3.41. The number of methoxy groups -OCH3 is 1. The van der Waals surface area contributed by atoms with E-state index in [0.717, 1.165) is 11.1 Å². The summed E-state index contributed by atoms with van der Waals surface area (Å²) in [5.41, 5.74) is 9.88. The molecule has 2 N–H and O–H groups in total. The van der Waals surface area contributed by atoms with E-state index in [1.165, 1.54) is 9.35 Å². The van der Waals surface area contributed by atoms with E-state index in [9.17, 15) is 9.36 Å². The van der Waals surface area contributed by atoms with Gasteiger partial charge in [-0.2, -0.15) is 0 Å². The van der Waals surface area contributed by atoms with Crippen LogP contribution in [0, 0.1) is 0 Å². The molecular formula is C22H22N6O3P+. The summed E-state index contributed by atoms with van der Waals surface area (Å²) >= 11 is 0. The van der Waals surface area contributed by atoms with Crippen LogP contribution in [-0.2, 0) is 4.57 Å². The Bertz CT molecular complexity index is 1370. The summed E-state index contributed by atoms with van der Waals surface area (Å²) in [4.78, 5) is 22.9. The number of pyridine rings is 2. The van der Waals surface area contributed by atoms with Crippen molar-refractivity contribution in [2.75, 3.05) is 33.6 Å². The zero-order valence-corrected chi connectivity index (χ0v) is 19.0. The van der Waals surface area contributed by atoms with Gasteiger partial charge in [-0.05, 0) is 44.9 Å². The number of hydrogen-bond donors (Lipinski definition) is 1. The van der Waals surface area contributed by atoms with Crippen LogP contribution in [0.4, 0.5) is 5.69 Å². The van der Waals surface area contributed by atoms with E-state index in [0.29, 0.717) is 39.4 Å². The van der Waals surface area contributed by atoms with Gasteiger partial charge in [-0.15, -0.1) is 5.10 Å². The van der Waals surface area contributed by atoms with Crippen LogP contribution in [0.5, 0.6) is 5.75 Å². The third kappa shape index (κ3) is 3.67. The second-order valence-corrected chi connectivity index (χ2v) is 8.66. The summed E-state index contributed by atoms with van der Waals surface area (Å²) in [6.45, 7) is 1.57. The van der Waals surface area contributed by atoms with Crippen LogP contribution in [-0.4, -0.2) is 58.2 Å². The van der Waals surface area contributed by atoms with Crippen molar-refractivity contribution in [1.82, 2.24) is 24.4 Å². The highest BCUT2D eigenvalue weighted by molar-refractivity contribution is 7.42. The van der Waals surface area contributed by atoms with E-state index in [-0.39, 0.29) is 5.91 Å². The summed E-state index contributed by atoms with van der Waals surface area (Å²) in [7, 11) is 3.10.